The van der Waals surface area contributed by atoms with Gasteiger partial charge in [-0.05, 0) is 30.2 Å². The molecule has 0 saturated carbocycles. The lowest BCUT2D eigenvalue weighted by Crippen LogP contribution is -2.41. The van der Waals surface area contributed by atoms with Gasteiger partial charge in [-0.2, -0.15) is 0 Å². The molecular weight excluding hydrogens is 264 g/mol. The van der Waals surface area contributed by atoms with Crippen molar-refractivity contribution in [1.82, 2.24) is 5.32 Å². The Morgan fingerprint density at radius 2 is 2.00 bits per heavy atom. The monoisotopic (exact) mass is 278 g/mol. The van der Waals surface area contributed by atoms with Gasteiger partial charge in [-0.3, -0.25) is 4.79 Å². The molecule has 19 heavy (non-hydrogen) atoms. The van der Waals surface area contributed by atoms with E-state index in [4.69, 9.17) is 5.73 Å². The highest BCUT2D eigenvalue weighted by Gasteiger charge is 2.26. The van der Waals surface area contributed by atoms with Crippen molar-refractivity contribution in [3.8, 4) is 0 Å². The summed E-state index contributed by atoms with van der Waals surface area (Å²) in [5, 5.41) is 1.99. The minimum Gasteiger partial charge on any atom is -0.350 e. The first kappa shape index (κ1) is 15.4. The summed E-state index contributed by atoms with van der Waals surface area (Å²) in [4.78, 5) is 11.3. The Bertz CT molecular complexity index is 451. The number of hydrogen-bond acceptors (Lipinski definition) is 2. The van der Waals surface area contributed by atoms with Gasteiger partial charge >= 0.3 is 0 Å². The quantitative estimate of drug-likeness (QED) is 0.777. The molecule has 0 fully saturated rings. The first-order valence-electron chi connectivity index (χ1n) is 5.62. The molecule has 0 aromatic heterocycles. The number of alkyl halides is 2. The molecular formula is C12H14F4N2O. The third kappa shape index (κ3) is 5.25. The number of rotatable bonds is 6. The van der Waals surface area contributed by atoms with Crippen LogP contribution in [0, 0.1) is 11.6 Å². The average molecular weight is 278 g/mol. The fourth-order valence-corrected chi connectivity index (χ4v) is 1.37. The molecule has 0 spiro atoms. The Labute approximate surface area is 107 Å². The van der Waals surface area contributed by atoms with Gasteiger partial charge in [0.2, 0.25) is 5.91 Å². The number of halogens is 4. The van der Waals surface area contributed by atoms with Gasteiger partial charge in [0.25, 0.3) is 5.92 Å². The van der Waals surface area contributed by atoms with Crippen LogP contribution in [0.15, 0.2) is 18.2 Å². The van der Waals surface area contributed by atoms with Crippen LogP contribution in [0.25, 0.3) is 0 Å². The van der Waals surface area contributed by atoms with Gasteiger partial charge in [-0.25, -0.2) is 17.6 Å². The summed E-state index contributed by atoms with van der Waals surface area (Å²) in [6.07, 6.45) is -0.273. The second kappa shape index (κ2) is 6.51. The van der Waals surface area contributed by atoms with Crippen molar-refractivity contribution in [3.63, 3.8) is 0 Å². The van der Waals surface area contributed by atoms with Crippen molar-refractivity contribution < 1.29 is 22.4 Å². The summed E-state index contributed by atoms with van der Waals surface area (Å²) >= 11 is 0. The molecule has 0 radical (unpaired) electrons. The molecule has 0 atom stereocenters. The average Bonchev–Trinajstić information content (AvgIpc) is 2.37. The Kier molecular flexibility index (Phi) is 5.29. The molecule has 0 aliphatic carbocycles. The fourth-order valence-electron chi connectivity index (χ4n) is 1.37. The first-order valence-corrected chi connectivity index (χ1v) is 5.62. The molecule has 0 unspecified atom stereocenters. The minimum absolute atomic E-state index is 0.0285. The Hall–Kier alpha value is -1.63. The molecule has 0 bridgehead atoms. The van der Waals surface area contributed by atoms with Gasteiger partial charge < -0.3 is 11.1 Å². The number of nitrogens with two attached hydrogens (primary N) is 1. The van der Waals surface area contributed by atoms with E-state index in [0.29, 0.717) is 0 Å². The van der Waals surface area contributed by atoms with Gasteiger partial charge in [-0.15, -0.1) is 0 Å². The SMILES string of the molecule is NCC(F)(F)CNC(=O)CCc1cc(F)ccc1F. The normalized spacial score (nSPS) is 11.4. The zero-order valence-corrected chi connectivity index (χ0v) is 10.1. The number of aryl methyl sites for hydroxylation is 1. The molecule has 3 N–H and O–H groups in total. The first-order chi connectivity index (χ1) is 8.84. The highest BCUT2D eigenvalue weighted by molar-refractivity contribution is 5.76. The van der Waals surface area contributed by atoms with Gasteiger partial charge in [0, 0.05) is 6.42 Å². The number of hydrogen-bond donors (Lipinski definition) is 2. The topological polar surface area (TPSA) is 55.1 Å². The molecule has 0 aliphatic rings. The van der Waals surface area contributed by atoms with Crippen molar-refractivity contribution in [2.45, 2.75) is 18.8 Å². The summed E-state index contributed by atoms with van der Waals surface area (Å²) in [5.74, 6) is -5.09. The Balaban J connectivity index is 2.44. The van der Waals surface area contributed by atoms with E-state index in [1.807, 2.05) is 5.32 Å². The summed E-state index contributed by atoms with van der Waals surface area (Å²) in [6.45, 7) is -1.74. The number of amides is 1. The van der Waals surface area contributed by atoms with Crippen LogP contribution in [0.5, 0.6) is 0 Å². The third-order valence-electron chi connectivity index (χ3n) is 2.47. The number of nitrogens with one attached hydrogen (secondary N) is 1. The van der Waals surface area contributed by atoms with Gasteiger partial charge in [0.05, 0.1) is 13.1 Å². The molecule has 1 rings (SSSR count). The molecule has 7 heteroatoms. The summed E-state index contributed by atoms with van der Waals surface area (Å²) in [7, 11) is 0. The van der Waals surface area contributed by atoms with Crippen LogP contribution in [0.3, 0.4) is 0 Å². The second-order valence-corrected chi connectivity index (χ2v) is 4.07. The number of benzene rings is 1. The maximum atomic E-state index is 13.2. The predicted octanol–water partition coefficient (Wildman–Crippen LogP) is 1.61. The van der Waals surface area contributed by atoms with E-state index in [0.717, 1.165) is 18.2 Å². The molecule has 1 amide bonds. The molecule has 0 heterocycles. The summed E-state index contributed by atoms with van der Waals surface area (Å²) in [6, 6.07) is 2.88. The van der Waals surface area contributed by atoms with E-state index in [1.54, 1.807) is 0 Å². The van der Waals surface area contributed by atoms with E-state index in [2.05, 4.69) is 0 Å². The van der Waals surface area contributed by atoms with Crippen LogP contribution >= 0.6 is 0 Å². The van der Waals surface area contributed by atoms with Crippen LogP contribution in [0.4, 0.5) is 17.6 Å². The molecule has 106 valence electrons. The van der Waals surface area contributed by atoms with Crippen molar-refractivity contribution >= 4 is 5.91 Å². The largest absolute Gasteiger partial charge is 0.350 e. The predicted molar refractivity (Wildman–Crippen MR) is 61.7 cm³/mol. The molecule has 0 saturated heterocycles. The lowest BCUT2D eigenvalue weighted by molar-refractivity contribution is -0.122. The lowest BCUT2D eigenvalue weighted by atomic mass is 10.1. The highest BCUT2D eigenvalue weighted by Crippen LogP contribution is 2.12. The zero-order valence-electron chi connectivity index (χ0n) is 10.1. The van der Waals surface area contributed by atoms with Crippen molar-refractivity contribution in [2.75, 3.05) is 13.1 Å². The number of carbonyl (C=O) groups excluding carboxylic acids is 1. The van der Waals surface area contributed by atoms with Crippen molar-refractivity contribution in [3.05, 3.63) is 35.4 Å². The van der Waals surface area contributed by atoms with Gasteiger partial charge in [-0.1, -0.05) is 0 Å². The highest BCUT2D eigenvalue weighted by atomic mass is 19.3. The molecule has 0 aliphatic heterocycles. The summed E-state index contributed by atoms with van der Waals surface area (Å²) < 4.78 is 51.5. The maximum absolute atomic E-state index is 13.2. The van der Waals surface area contributed by atoms with Crippen LogP contribution in [-0.2, 0) is 11.2 Å². The van der Waals surface area contributed by atoms with E-state index >= 15 is 0 Å². The molecule has 1 aromatic carbocycles. The van der Waals surface area contributed by atoms with Gasteiger partial charge in [0.1, 0.15) is 11.6 Å². The second-order valence-electron chi connectivity index (χ2n) is 4.07. The minimum atomic E-state index is -3.17. The fraction of sp³-hybridized carbons (Fsp3) is 0.417. The summed E-state index contributed by atoms with van der Waals surface area (Å²) in [5.41, 5.74) is 4.83. The molecule has 3 nitrogen and oxygen atoms in total. The standard InChI is InChI=1S/C12H14F4N2O/c13-9-2-3-10(14)8(5-9)1-4-11(19)18-7-12(15,16)6-17/h2-3,5H,1,4,6-7,17H2,(H,18,19). The Morgan fingerprint density at radius 3 is 2.63 bits per heavy atom. The van der Waals surface area contributed by atoms with E-state index in [9.17, 15) is 22.4 Å². The van der Waals surface area contributed by atoms with Crippen LogP contribution in [0.2, 0.25) is 0 Å². The number of carbonyl (C=O) groups is 1. The van der Waals surface area contributed by atoms with Crippen LogP contribution in [-0.4, -0.2) is 24.9 Å². The van der Waals surface area contributed by atoms with Crippen LogP contribution < -0.4 is 11.1 Å². The van der Waals surface area contributed by atoms with Crippen molar-refractivity contribution in [2.24, 2.45) is 5.73 Å². The van der Waals surface area contributed by atoms with Crippen molar-refractivity contribution in [1.29, 1.82) is 0 Å². The maximum Gasteiger partial charge on any atom is 0.277 e. The zero-order chi connectivity index (χ0) is 14.5. The Morgan fingerprint density at radius 1 is 1.32 bits per heavy atom. The van der Waals surface area contributed by atoms with Gasteiger partial charge in [0.15, 0.2) is 0 Å². The van der Waals surface area contributed by atoms with Crippen LogP contribution in [0.1, 0.15) is 12.0 Å². The van der Waals surface area contributed by atoms with E-state index in [1.165, 1.54) is 0 Å². The third-order valence-corrected chi connectivity index (χ3v) is 2.47. The van der Waals surface area contributed by atoms with E-state index < -0.39 is 36.6 Å². The lowest BCUT2D eigenvalue weighted by Gasteiger charge is -2.14. The van der Waals surface area contributed by atoms with E-state index in [-0.39, 0.29) is 18.4 Å². The molecule has 1 aromatic rings. The smallest absolute Gasteiger partial charge is 0.277 e.